The van der Waals surface area contributed by atoms with Gasteiger partial charge in [-0.2, -0.15) is 0 Å². The van der Waals surface area contributed by atoms with E-state index in [1.807, 2.05) is 0 Å². The second-order valence-corrected chi connectivity index (χ2v) is 7.22. The second kappa shape index (κ2) is 7.42. The third-order valence-electron chi connectivity index (χ3n) is 3.33. The van der Waals surface area contributed by atoms with E-state index in [4.69, 9.17) is 5.11 Å². The molecule has 114 valence electrons. The maximum atomic E-state index is 12.1. The lowest BCUT2D eigenvalue weighted by atomic mass is 10.1. The highest BCUT2D eigenvalue weighted by molar-refractivity contribution is 7.91. The van der Waals surface area contributed by atoms with Crippen LogP contribution in [-0.4, -0.2) is 54.4 Å². The summed E-state index contributed by atoms with van der Waals surface area (Å²) in [5.74, 6) is -0.862. The number of unbranched alkanes of at least 4 members (excludes halogenated alkanes) is 1. The number of hydrogen-bond acceptors (Lipinski definition) is 4. The van der Waals surface area contributed by atoms with Gasteiger partial charge in [-0.25, -0.2) is 8.42 Å². The number of carbonyl (C=O) groups excluding carboxylic acids is 1. The maximum absolute atomic E-state index is 12.1. The Labute approximate surface area is 119 Å². The van der Waals surface area contributed by atoms with Crippen LogP contribution in [0, 0.1) is 0 Å². The predicted molar refractivity (Wildman–Crippen MR) is 75.1 cm³/mol. The average Bonchev–Trinajstić information content (AvgIpc) is 2.71. The zero-order valence-corrected chi connectivity index (χ0v) is 12.3. The Bertz CT molecular complexity index is 471. The van der Waals surface area contributed by atoms with Crippen LogP contribution >= 0.6 is 0 Å². The quantitative estimate of drug-likeness (QED) is 0.530. The Morgan fingerprint density at radius 2 is 1.95 bits per heavy atom. The first kappa shape index (κ1) is 16.7. The molecule has 0 saturated carbocycles. The van der Waals surface area contributed by atoms with E-state index in [2.05, 4.69) is 6.58 Å². The van der Waals surface area contributed by atoms with Gasteiger partial charge in [-0.05, 0) is 19.3 Å². The Kier molecular flexibility index (Phi) is 6.19. The van der Waals surface area contributed by atoms with Gasteiger partial charge < -0.3 is 10.0 Å². The smallest absolute Gasteiger partial charge is 0.303 e. The molecule has 0 radical (unpaired) electrons. The summed E-state index contributed by atoms with van der Waals surface area (Å²) in [7, 11) is -3.03. The minimum Gasteiger partial charge on any atom is -0.481 e. The molecular formula is C13H21NO5S. The van der Waals surface area contributed by atoms with Crippen molar-refractivity contribution in [2.45, 2.75) is 38.1 Å². The zero-order chi connectivity index (χ0) is 15.2. The molecule has 1 aliphatic heterocycles. The van der Waals surface area contributed by atoms with E-state index in [1.54, 1.807) is 11.0 Å². The molecule has 1 aliphatic rings. The highest BCUT2D eigenvalue weighted by Gasteiger charge is 2.33. The van der Waals surface area contributed by atoms with Crippen molar-refractivity contribution in [2.24, 2.45) is 0 Å². The number of sulfone groups is 1. The van der Waals surface area contributed by atoms with Crippen LogP contribution in [0.15, 0.2) is 12.7 Å². The molecule has 20 heavy (non-hydrogen) atoms. The van der Waals surface area contributed by atoms with Crippen molar-refractivity contribution in [2.75, 3.05) is 18.1 Å². The minimum atomic E-state index is -3.03. The first-order valence-electron chi connectivity index (χ1n) is 6.68. The van der Waals surface area contributed by atoms with Crippen LogP contribution in [-0.2, 0) is 19.4 Å². The number of carboxylic acids is 1. The number of carboxylic acid groups (broad SMARTS) is 1. The van der Waals surface area contributed by atoms with Crippen LogP contribution in [0.4, 0.5) is 0 Å². The van der Waals surface area contributed by atoms with Crippen LogP contribution in [0.5, 0.6) is 0 Å². The monoisotopic (exact) mass is 303 g/mol. The summed E-state index contributed by atoms with van der Waals surface area (Å²) in [4.78, 5) is 24.1. The molecule has 1 fully saturated rings. The van der Waals surface area contributed by atoms with E-state index in [1.165, 1.54) is 0 Å². The van der Waals surface area contributed by atoms with Crippen molar-refractivity contribution in [3.8, 4) is 0 Å². The summed E-state index contributed by atoms with van der Waals surface area (Å²) in [6.45, 7) is 3.92. The minimum absolute atomic E-state index is 0.0156. The van der Waals surface area contributed by atoms with E-state index in [-0.39, 0.29) is 36.3 Å². The van der Waals surface area contributed by atoms with E-state index < -0.39 is 15.8 Å². The molecule has 1 saturated heterocycles. The van der Waals surface area contributed by atoms with Gasteiger partial charge in [0.05, 0.1) is 11.5 Å². The summed E-state index contributed by atoms with van der Waals surface area (Å²) in [6, 6.07) is -0.273. The first-order chi connectivity index (χ1) is 9.35. The van der Waals surface area contributed by atoms with E-state index in [0.29, 0.717) is 25.8 Å². The third kappa shape index (κ3) is 5.32. The van der Waals surface area contributed by atoms with Crippen LogP contribution < -0.4 is 0 Å². The lowest BCUT2D eigenvalue weighted by molar-refractivity contribution is -0.137. The summed E-state index contributed by atoms with van der Waals surface area (Å²) in [5.41, 5.74) is 0. The molecule has 6 nitrogen and oxygen atoms in total. The molecule has 7 heteroatoms. The van der Waals surface area contributed by atoms with Crippen molar-refractivity contribution in [3.63, 3.8) is 0 Å². The van der Waals surface area contributed by atoms with Crippen LogP contribution in [0.25, 0.3) is 0 Å². The van der Waals surface area contributed by atoms with E-state index >= 15 is 0 Å². The number of hydrogen-bond donors (Lipinski definition) is 1. The SMILES string of the molecule is C=CCN(C(=O)CCCCC(=O)O)C1CCS(=O)(=O)C1. The Hall–Kier alpha value is -1.37. The summed E-state index contributed by atoms with van der Waals surface area (Å²) in [5, 5.41) is 8.53. The van der Waals surface area contributed by atoms with Gasteiger partial charge in [-0.3, -0.25) is 9.59 Å². The molecule has 1 amide bonds. The van der Waals surface area contributed by atoms with Crippen LogP contribution in [0.1, 0.15) is 32.1 Å². The summed E-state index contributed by atoms with van der Waals surface area (Å²) < 4.78 is 23.0. The molecule has 1 N–H and O–H groups in total. The van der Waals surface area contributed by atoms with Gasteiger partial charge in [-0.15, -0.1) is 6.58 Å². The normalized spacial score (nSPS) is 20.5. The molecule has 0 aromatic carbocycles. The number of nitrogens with zero attached hydrogens (tertiary/aromatic N) is 1. The molecule has 0 spiro atoms. The third-order valence-corrected chi connectivity index (χ3v) is 5.08. The Morgan fingerprint density at radius 3 is 2.45 bits per heavy atom. The number of amides is 1. The molecular weight excluding hydrogens is 282 g/mol. The first-order valence-corrected chi connectivity index (χ1v) is 8.50. The number of aliphatic carboxylic acids is 1. The van der Waals surface area contributed by atoms with Gasteiger partial charge in [0.2, 0.25) is 5.91 Å². The molecule has 0 aliphatic carbocycles. The van der Waals surface area contributed by atoms with Gasteiger partial charge in [0, 0.05) is 25.4 Å². The molecule has 1 atom stereocenters. The standard InChI is InChI=1S/C13H21NO5S/c1-2-8-14(11-7-9-20(18,19)10-11)12(15)5-3-4-6-13(16)17/h2,11H,1,3-10H2,(H,16,17). The van der Waals surface area contributed by atoms with Crippen molar-refractivity contribution in [1.82, 2.24) is 4.90 Å². The highest BCUT2D eigenvalue weighted by Crippen LogP contribution is 2.19. The maximum Gasteiger partial charge on any atom is 0.303 e. The Balaban J connectivity index is 2.51. The fourth-order valence-electron chi connectivity index (χ4n) is 2.31. The van der Waals surface area contributed by atoms with Crippen molar-refractivity contribution < 1.29 is 23.1 Å². The second-order valence-electron chi connectivity index (χ2n) is 4.99. The van der Waals surface area contributed by atoms with Crippen LogP contribution in [0.2, 0.25) is 0 Å². The van der Waals surface area contributed by atoms with Gasteiger partial charge >= 0.3 is 5.97 Å². The molecule has 0 aromatic rings. The largest absolute Gasteiger partial charge is 0.481 e. The molecule has 1 heterocycles. The highest BCUT2D eigenvalue weighted by atomic mass is 32.2. The average molecular weight is 303 g/mol. The molecule has 1 rings (SSSR count). The van der Waals surface area contributed by atoms with Crippen LogP contribution in [0.3, 0.4) is 0 Å². The zero-order valence-electron chi connectivity index (χ0n) is 11.5. The van der Waals surface area contributed by atoms with E-state index in [9.17, 15) is 18.0 Å². The molecule has 1 unspecified atom stereocenters. The summed E-state index contributed by atoms with van der Waals surface area (Å²) in [6.07, 6.45) is 3.30. The molecule has 0 aromatic heterocycles. The van der Waals surface area contributed by atoms with E-state index in [0.717, 1.165) is 0 Å². The van der Waals surface area contributed by atoms with Gasteiger partial charge in [-0.1, -0.05) is 6.08 Å². The predicted octanol–water partition coefficient (Wildman–Crippen LogP) is 0.833. The topological polar surface area (TPSA) is 91.8 Å². The lowest BCUT2D eigenvalue weighted by Crippen LogP contribution is -2.41. The Morgan fingerprint density at radius 1 is 1.30 bits per heavy atom. The van der Waals surface area contributed by atoms with Crippen molar-refractivity contribution in [3.05, 3.63) is 12.7 Å². The van der Waals surface area contributed by atoms with Crippen molar-refractivity contribution >= 4 is 21.7 Å². The molecule has 0 bridgehead atoms. The summed E-state index contributed by atoms with van der Waals surface area (Å²) >= 11 is 0. The van der Waals surface area contributed by atoms with Gasteiger partial charge in [0.1, 0.15) is 0 Å². The number of carbonyl (C=O) groups is 2. The lowest BCUT2D eigenvalue weighted by Gasteiger charge is -2.27. The van der Waals surface area contributed by atoms with Gasteiger partial charge in [0.15, 0.2) is 9.84 Å². The fourth-order valence-corrected chi connectivity index (χ4v) is 4.04. The number of rotatable bonds is 8. The van der Waals surface area contributed by atoms with Gasteiger partial charge in [0.25, 0.3) is 0 Å². The van der Waals surface area contributed by atoms with Crippen molar-refractivity contribution in [1.29, 1.82) is 0 Å². The fraction of sp³-hybridized carbons (Fsp3) is 0.692.